The van der Waals surface area contributed by atoms with Crippen LogP contribution in [0.3, 0.4) is 0 Å². The molecule has 2 N–H and O–H groups in total. The Balaban J connectivity index is 1.59. The van der Waals surface area contributed by atoms with Crippen molar-refractivity contribution in [1.29, 1.82) is 10.5 Å². The number of hydrogen-bond acceptors (Lipinski definition) is 6. The lowest BCUT2D eigenvalue weighted by Crippen LogP contribution is -2.13. The fourth-order valence-electron chi connectivity index (χ4n) is 3.94. The van der Waals surface area contributed by atoms with Crippen LogP contribution in [0.5, 0.6) is 0 Å². The van der Waals surface area contributed by atoms with Crippen LogP contribution in [0.15, 0.2) is 40.3 Å². The molecule has 0 atom stereocenters. The van der Waals surface area contributed by atoms with Crippen LogP contribution in [0.4, 0.5) is 5.00 Å². The predicted octanol–water partition coefficient (Wildman–Crippen LogP) is 5.31. The van der Waals surface area contributed by atoms with Gasteiger partial charge in [-0.25, -0.2) is 4.79 Å². The Labute approximate surface area is 194 Å². The molecule has 0 bridgehead atoms. The van der Waals surface area contributed by atoms with Crippen molar-refractivity contribution in [2.75, 3.05) is 5.32 Å². The number of carboxylic acid groups (broad SMARTS) is 1. The highest BCUT2D eigenvalue weighted by Gasteiger charge is 2.23. The van der Waals surface area contributed by atoms with E-state index in [0.29, 0.717) is 27.5 Å². The Bertz CT molecular complexity index is 1380. The lowest BCUT2D eigenvalue weighted by molar-refractivity contribution is -0.112. The Hall–Kier alpha value is -4.14. The lowest BCUT2D eigenvalue weighted by Gasteiger charge is -2.09. The van der Waals surface area contributed by atoms with E-state index >= 15 is 0 Å². The van der Waals surface area contributed by atoms with Crippen LogP contribution in [0.1, 0.15) is 50.5 Å². The molecule has 3 aromatic rings. The van der Waals surface area contributed by atoms with Gasteiger partial charge in [0, 0.05) is 16.5 Å². The highest BCUT2D eigenvalue weighted by Crippen LogP contribution is 2.38. The minimum absolute atomic E-state index is 0.165. The molecule has 0 saturated carbocycles. The second-order valence-electron chi connectivity index (χ2n) is 7.64. The number of nitrogens with one attached hydrogen (secondary N) is 1. The summed E-state index contributed by atoms with van der Waals surface area (Å²) in [4.78, 5) is 25.3. The average molecular weight is 458 g/mol. The van der Waals surface area contributed by atoms with Crippen molar-refractivity contribution in [3.05, 3.63) is 68.8 Å². The van der Waals surface area contributed by atoms with Gasteiger partial charge < -0.3 is 14.8 Å². The molecule has 8 heteroatoms. The Morgan fingerprint density at radius 1 is 1.18 bits per heavy atom. The molecular formula is C25H19N3O4S. The first-order chi connectivity index (χ1) is 15.9. The number of aromatic carboxylic acids is 1. The molecule has 0 saturated heterocycles. The number of aryl methyl sites for hydroxylation is 1. The van der Waals surface area contributed by atoms with Crippen LogP contribution in [-0.4, -0.2) is 17.0 Å². The lowest BCUT2D eigenvalue weighted by atomic mass is 9.96. The van der Waals surface area contributed by atoms with Crippen LogP contribution in [-0.2, 0) is 17.6 Å². The summed E-state index contributed by atoms with van der Waals surface area (Å²) in [5.41, 5.74) is 2.65. The number of amides is 1. The van der Waals surface area contributed by atoms with Crippen molar-refractivity contribution in [3.8, 4) is 23.5 Å². The minimum Gasteiger partial charge on any atom is -0.478 e. The molecule has 1 aliphatic carbocycles. The number of carbonyl (C=O) groups excluding carboxylic acids is 1. The number of anilines is 1. The van der Waals surface area contributed by atoms with Crippen molar-refractivity contribution in [3.63, 3.8) is 0 Å². The number of thiophene rings is 1. The Morgan fingerprint density at radius 3 is 2.70 bits per heavy atom. The Morgan fingerprint density at radius 2 is 1.97 bits per heavy atom. The number of nitrogens with zero attached hydrogens (tertiary/aromatic N) is 2. The molecule has 0 aliphatic heterocycles. The zero-order chi connectivity index (χ0) is 23.5. The first-order valence-corrected chi connectivity index (χ1v) is 11.2. The maximum Gasteiger partial charge on any atom is 0.335 e. The largest absolute Gasteiger partial charge is 0.478 e. The van der Waals surface area contributed by atoms with Gasteiger partial charge in [0.1, 0.15) is 34.2 Å². The van der Waals surface area contributed by atoms with Crippen molar-refractivity contribution >= 4 is 34.3 Å². The van der Waals surface area contributed by atoms with Crippen LogP contribution in [0.25, 0.3) is 17.4 Å². The fourth-order valence-corrected chi connectivity index (χ4v) is 5.18. The van der Waals surface area contributed by atoms with Gasteiger partial charge >= 0.3 is 5.97 Å². The van der Waals surface area contributed by atoms with E-state index in [0.717, 1.165) is 36.1 Å². The van der Waals surface area contributed by atoms with Gasteiger partial charge in [0.05, 0.1) is 11.1 Å². The van der Waals surface area contributed by atoms with E-state index in [-0.39, 0.29) is 16.9 Å². The van der Waals surface area contributed by atoms with Crippen LogP contribution < -0.4 is 5.32 Å². The molecule has 1 aliphatic rings. The van der Waals surface area contributed by atoms with E-state index in [1.54, 1.807) is 31.2 Å². The molecule has 1 aromatic carbocycles. The fraction of sp³-hybridized carbons (Fsp3) is 0.200. The number of carboxylic acids is 1. The zero-order valence-electron chi connectivity index (χ0n) is 17.8. The first kappa shape index (κ1) is 22.1. The summed E-state index contributed by atoms with van der Waals surface area (Å²) in [5.74, 6) is -0.939. The number of rotatable bonds is 5. The molecule has 4 rings (SSSR count). The SMILES string of the molecule is Cc1c(C(=O)O)cccc1-c1ccc(/C=C(\C#N)C(=O)Nc2sc3c(c2C#N)CCCC3)o1. The topological polar surface area (TPSA) is 127 Å². The molecule has 1 amide bonds. The van der Waals surface area contributed by atoms with Gasteiger partial charge in [0.2, 0.25) is 0 Å². The van der Waals surface area contributed by atoms with E-state index in [1.165, 1.54) is 23.5 Å². The third kappa shape index (κ3) is 4.30. The summed E-state index contributed by atoms with van der Waals surface area (Å²) in [5, 5.41) is 31.6. The van der Waals surface area contributed by atoms with Crippen molar-refractivity contribution in [1.82, 2.24) is 0 Å². The van der Waals surface area contributed by atoms with Crippen molar-refractivity contribution in [2.24, 2.45) is 0 Å². The van der Waals surface area contributed by atoms with Gasteiger partial charge in [-0.05, 0) is 61.9 Å². The summed E-state index contributed by atoms with van der Waals surface area (Å²) in [6.45, 7) is 1.69. The number of nitriles is 2. The third-order valence-corrected chi connectivity index (χ3v) is 6.83. The summed E-state index contributed by atoms with van der Waals surface area (Å²) in [6.07, 6.45) is 5.12. The van der Waals surface area contributed by atoms with Gasteiger partial charge in [-0.2, -0.15) is 10.5 Å². The minimum atomic E-state index is -1.03. The molecule has 0 radical (unpaired) electrons. The highest BCUT2D eigenvalue weighted by molar-refractivity contribution is 7.16. The molecule has 7 nitrogen and oxygen atoms in total. The van der Waals surface area contributed by atoms with Gasteiger partial charge in [-0.15, -0.1) is 11.3 Å². The number of furan rings is 1. The average Bonchev–Trinajstić information content (AvgIpc) is 3.41. The molecule has 2 heterocycles. The molecular weight excluding hydrogens is 438 g/mol. The number of hydrogen-bond donors (Lipinski definition) is 2. The molecule has 33 heavy (non-hydrogen) atoms. The quantitative estimate of drug-likeness (QED) is 0.395. The normalized spacial score (nSPS) is 13.0. The summed E-state index contributed by atoms with van der Waals surface area (Å²) in [6, 6.07) is 12.2. The predicted molar refractivity (Wildman–Crippen MR) is 124 cm³/mol. The summed E-state index contributed by atoms with van der Waals surface area (Å²) < 4.78 is 5.78. The van der Waals surface area contributed by atoms with Gasteiger partial charge in [0.25, 0.3) is 5.91 Å². The number of carbonyl (C=O) groups is 2. The third-order valence-electron chi connectivity index (χ3n) is 5.62. The van der Waals surface area contributed by atoms with Crippen molar-refractivity contribution < 1.29 is 19.1 Å². The Kier molecular flexibility index (Phi) is 6.12. The van der Waals surface area contributed by atoms with E-state index in [2.05, 4.69) is 11.4 Å². The summed E-state index contributed by atoms with van der Waals surface area (Å²) >= 11 is 1.39. The second kappa shape index (κ2) is 9.15. The maximum atomic E-state index is 12.8. The number of fused-ring (bicyclic) bond motifs is 1. The van der Waals surface area contributed by atoms with Crippen molar-refractivity contribution in [2.45, 2.75) is 32.6 Å². The zero-order valence-corrected chi connectivity index (χ0v) is 18.6. The van der Waals surface area contributed by atoms with Crippen LogP contribution in [0.2, 0.25) is 0 Å². The van der Waals surface area contributed by atoms with E-state index in [1.807, 2.05) is 6.07 Å². The van der Waals surface area contributed by atoms with Gasteiger partial charge in [-0.1, -0.05) is 12.1 Å². The molecule has 0 unspecified atom stereocenters. The highest BCUT2D eigenvalue weighted by atomic mass is 32.1. The van der Waals surface area contributed by atoms with E-state index in [9.17, 15) is 25.2 Å². The molecule has 0 spiro atoms. The van der Waals surface area contributed by atoms with Crippen LogP contribution >= 0.6 is 11.3 Å². The second-order valence-corrected chi connectivity index (χ2v) is 8.74. The smallest absolute Gasteiger partial charge is 0.335 e. The van der Waals surface area contributed by atoms with E-state index in [4.69, 9.17) is 4.42 Å². The standard InChI is InChI=1S/C25H19N3O4S/c1-14-17(6-4-7-18(14)25(30)31)21-10-9-16(32-21)11-15(12-26)23(29)28-24-20(13-27)19-5-2-3-8-22(19)33-24/h4,6-7,9-11H,2-3,5,8H2,1H3,(H,28,29)(H,30,31)/b15-11+. The van der Waals surface area contributed by atoms with E-state index < -0.39 is 11.9 Å². The maximum absolute atomic E-state index is 12.8. The molecule has 164 valence electrons. The van der Waals surface area contributed by atoms with Gasteiger partial charge in [0.15, 0.2) is 0 Å². The van der Waals surface area contributed by atoms with Crippen LogP contribution in [0, 0.1) is 29.6 Å². The molecule has 2 aromatic heterocycles. The first-order valence-electron chi connectivity index (χ1n) is 10.3. The van der Waals surface area contributed by atoms with Gasteiger partial charge in [-0.3, -0.25) is 4.79 Å². The summed E-state index contributed by atoms with van der Waals surface area (Å²) in [7, 11) is 0. The number of benzene rings is 1. The molecule has 0 fully saturated rings. The monoisotopic (exact) mass is 457 g/mol.